The molecule has 4 rings (SSSR count). The molecule has 0 aliphatic heterocycles. The van der Waals surface area contributed by atoms with E-state index in [0.29, 0.717) is 6.54 Å². The lowest BCUT2D eigenvalue weighted by molar-refractivity contribution is 0.0934. The fourth-order valence-corrected chi connectivity index (χ4v) is 5.00. The van der Waals surface area contributed by atoms with Crippen molar-refractivity contribution in [3.05, 3.63) is 46.9 Å². The highest BCUT2D eigenvalue weighted by molar-refractivity contribution is 7.20. The Morgan fingerprint density at radius 1 is 1.10 bits per heavy atom. The Kier molecular flexibility index (Phi) is 6.34. The van der Waals surface area contributed by atoms with Gasteiger partial charge in [-0.3, -0.25) is 9.78 Å². The van der Waals surface area contributed by atoms with Crippen LogP contribution in [0.3, 0.4) is 0 Å². The van der Waals surface area contributed by atoms with E-state index in [1.807, 2.05) is 25.1 Å². The molecule has 3 aromatic heterocycles. The second-order valence-corrected chi connectivity index (χ2v) is 8.65. The molecule has 1 aliphatic rings. The number of hydrogen-bond acceptors (Lipinski definition) is 6. The van der Waals surface area contributed by atoms with Crippen LogP contribution in [0.5, 0.6) is 0 Å². The predicted molar refractivity (Wildman–Crippen MR) is 117 cm³/mol. The minimum atomic E-state index is 0.0201. The van der Waals surface area contributed by atoms with Gasteiger partial charge in [0.2, 0.25) is 0 Å². The standard InChI is InChI=1S/C22H27N5OS/c1-15-18-20(24-13-17-11-7-8-12-23-17)25-14-26-22(18)29-19(15)21(28)27-16-9-5-3-2-4-6-10-16/h7-8,11-12,14,16H,2-6,9-10,13H2,1H3,(H,27,28)(H,24,25,26). The van der Waals surface area contributed by atoms with Crippen molar-refractivity contribution in [2.75, 3.05) is 5.32 Å². The van der Waals surface area contributed by atoms with Crippen LogP contribution in [0.1, 0.15) is 65.9 Å². The van der Waals surface area contributed by atoms with E-state index in [4.69, 9.17) is 0 Å². The van der Waals surface area contributed by atoms with Crippen molar-refractivity contribution in [2.24, 2.45) is 0 Å². The molecule has 0 radical (unpaired) electrons. The van der Waals surface area contributed by atoms with Crippen LogP contribution in [0.4, 0.5) is 5.82 Å². The number of carbonyl (C=O) groups is 1. The van der Waals surface area contributed by atoms with Gasteiger partial charge in [-0.25, -0.2) is 9.97 Å². The summed E-state index contributed by atoms with van der Waals surface area (Å²) in [5, 5.41) is 7.56. The summed E-state index contributed by atoms with van der Waals surface area (Å²) in [4.78, 5) is 27.8. The molecule has 1 aliphatic carbocycles. The van der Waals surface area contributed by atoms with Crippen LogP contribution in [0.15, 0.2) is 30.7 Å². The first kappa shape index (κ1) is 19.8. The van der Waals surface area contributed by atoms with Gasteiger partial charge in [0.15, 0.2) is 0 Å². The minimum absolute atomic E-state index is 0.0201. The van der Waals surface area contributed by atoms with E-state index in [2.05, 4.69) is 25.6 Å². The zero-order chi connectivity index (χ0) is 20.1. The van der Waals surface area contributed by atoms with Crippen LogP contribution in [0, 0.1) is 6.92 Å². The van der Waals surface area contributed by atoms with Crippen LogP contribution in [-0.2, 0) is 6.54 Å². The second-order valence-electron chi connectivity index (χ2n) is 7.65. The monoisotopic (exact) mass is 409 g/mol. The SMILES string of the molecule is Cc1c(C(=O)NC2CCCCCCC2)sc2ncnc(NCc3ccccn3)c12. The molecule has 7 heteroatoms. The van der Waals surface area contributed by atoms with E-state index in [1.54, 1.807) is 12.5 Å². The Balaban J connectivity index is 1.53. The number of thiophene rings is 1. The predicted octanol–water partition coefficient (Wildman–Crippen LogP) is 4.85. The number of amides is 1. The van der Waals surface area contributed by atoms with Gasteiger partial charge < -0.3 is 10.6 Å². The number of aryl methyl sites for hydroxylation is 1. The van der Waals surface area contributed by atoms with Gasteiger partial charge in [0.25, 0.3) is 5.91 Å². The highest BCUT2D eigenvalue weighted by atomic mass is 32.1. The summed E-state index contributed by atoms with van der Waals surface area (Å²) in [7, 11) is 0. The van der Waals surface area contributed by atoms with Crippen molar-refractivity contribution < 1.29 is 4.79 Å². The molecule has 3 heterocycles. The lowest BCUT2D eigenvalue weighted by atomic mass is 9.96. The van der Waals surface area contributed by atoms with Crippen molar-refractivity contribution >= 4 is 33.3 Å². The van der Waals surface area contributed by atoms with Crippen molar-refractivity contribution in [3.63, 3.8) is 0 Å². The van der Waals surface area contributed by atoms with Crippen molar-refractivity contribution in [3.8, 4) is 0 Å². The summed E-state index contributed by atoms with van der Waals surface area (Å²) in [6, 6.07) is 6.11. The molecule has 0 unspecified atom stereocenters. The summed E-state index contributed by atoms with van der Waals surface area (Å²) in [5.41, 5.74) is 1.88. The van der Waals surface area contributed by atoms with Gasteiger partial charge in [0.1, 0.15) is 17.0 Å². The Morgan fingerprint density at radius 3 is 2.66 bits per heavy atom. The zero-order valence-corrected chi connectivity index (χ0v) is 17.6. The second kappa shape index (κ2) is 9.31. The van der Waals surface area contributed by atoms with Crippen LogP contribution >= 0.6 is 11.3 Å². The van der Waals surface area contributed by atoms with Gasteiger partial charge in [-0.15, -0.1) is 11.3 Å². The molecule has 0 aromatic carbocycles. The van der Waals surface area contributed by atoms with E-state index < -0.39 is 0 Å². The summed E-state index contributed by atoms with van der Waals surface area (Å²) in [6.45, 7) is 2.56. The van der Waals surface area contributed by atoms with Crippen LogP contribution in [-0.4, -0.2) is 26.9 Å². The van der Waals surface area contributed by atoms with Crippen LogP contribution < -0.4 is 10.6 Å². The van der Waals surface area contributed by atoms with Gasteiger partial charge >= 0.3 is 0 Å². The Morgan fingerprint density at radius 2 is 1.90 bits per heavy atom. The molecule has 0 bridgehead atoms. The quantitative estimate of drug-likeness (QED) is 0.630. The lowest BCUT2D eigenvalue weighted by Crippen LogP contribution is -2.35. The number of nitrogens with zero attached hydrogens (tertiary/aromatic N) is 3. The molecule has 152 valence electrons. The van der Waals surface area contributed by atoms with Crippen molar-refractivity contribution in [1.29, 1.82) is 0 Å². The molecule has 6 nitrogen and oxygen atoms in total. The summed E-state index contributed by atoms with van der Waals surface area (Å²) in [6.07, 6.45) is 11.7. The van der Waals surface area contributed by atoms with E-state index >= 15 is 0 Å². The maximum absolute atomic E-state index is 13.0. The first-order valence-corrected chi connectivity index (χ1v) is 11.2. The number of anilines is 1. The molecule has 2 N–H and O–H groups in total. The third kappa shape index (κ3) is 4.72. The van der Waals surface area contributed by atoms with Gasteiger partial charge in [0, 0.05) is 12.2 Å². The van der Waals surface area contributed by atoms with Gasteiger partial charge in [-0.2, -0.15) is 0 Å². The summed E-state index contributed by atoms with van der Waals surface area (Å²) in [5.74, 6) is 0.770. The first-order valence-electron chi connectivity index (χ1n) is 10.4. The maximum Gasteiger partial charge on any atom is 0.261 e. The fourth-order valence-electron chi connectivity index (χ4n) is 3.95. The molecule has 1 fully saturated rings. The molecule has 0 spiro atoms. The zero-order valence-electron chi connectivity index (χ0n) is 16.8. The smallest absolute Gasteiger partial charge is 0.261 e. The third-order valence-corrected chi connectivity index (χ3v) is 6.74. The van der Waals surface area contributed by atoms with Crippen LogP contribution in [0.25, 0.3) is 10.2 Å². The number of hydrogen-bond donors (Lipinski definition) is 2. The number of aromatic nitrogens is 3. The topological polar surface area (TPSA) is 79.8 Å². The maximum atomic E-state index is 13.0. The molecule has 1 saturated carbocycles. The van der Waals surface area contributed by atoms with Gasteiger partial charge in [-0.05, 0) is 37.5 Å². The number of fused-ring (bicyclic) bond motifs is 1. The molecule has 29 heavy (non-hydrogen) atoms. The number of nitrogens with one attached hydrogen (secondary N) is 2. The van der Waals surface area contributed by atoms with E-state index in [0.717, 1.165) is 45.0 Å². The lowest BCUT2D eigenvalue weighted by Gasteiger charge is -2.20. The Bertz CT molecular complexity index is 964. The average molecular weight is 410 g/mol. The van der Waals surface area contributed by atoms with E-state index in [9.17, 15) is 4.79 Å². The van der Waals surface area contributed by atoms with E-state index in [1.165, 1.54) is 43.4 Å². The summed E-state index contributed by atoms with van der Waals surface area (Å²) < 4.78 is 0. The molecular weight excluding hydrogens is 382 g/mol. The van der Waals surface area contributed by atoms with Crippen LogP contribution in [0.2, 0.25) is 0 Å². The third-order valence-electron chi connectivity index (χ3n) is 5.54. The molecule has 1 amide bonds. The van der Waals surface area contributed by atoms with Crippen molar-refractivity contribution in [2.45, 2.75) is 64.5 Å². The number of carbonyl (C=O) groups excluding carboxylic acids is 1. The van der Waals surface area contributed by atoms with Crippen molar-refractivity contribution in [1.82, 2.24) is 20.3 Å². The van der Waals surface area contributed by atoms with Gasteiger partial charge in [-0.1, -0.05) is 38.2 Å². The highest BCUT2D eigenvalue weighted by Gasteiger charge is 2.22. The largest absolute Gasteiger partial charge is 0.364 e. The molecule has 0 saturated heterocycles. The number of pyridine rings is 1. The average Bonchev–Trinajstić information content (AvgIpc) is 3.06. The summed E-state index contributed by atoms with van der Waals surface area (Å²) >= 11 is 1.45. The first-order chi connectivity index (χ1) is 14.2. The number of rotatable bonds is 5. The highest BCUT2D eigenvalue weighted by Crippen LogP contribution is 2.33. The molecule has 3 aromatic rings. The Hall–Kier alpha value is -2.54. The Labute approximate surface area is 175 Å². The molecular formula is C22H27N5OS. The van der Waals surface area contributed by atoms with E-state index in [-0.39, 0.29) is 11.9 Å². The van der Waals surface area contributed by atoms with Gasteiger partial charge in [0.05, 0.1) is 22.5 Å². The minimum Gasteiger partial charge on any atom is -0.364 e. The fraction of sp³-hybridized carbons (Fsp3) is 0.455. The molecule has 0 atom stereocenters. The normalized spacial score (nSPS) is 15.6.